The second-order valence-corrected chi connectivity index (χ2v) is 6.22. The molecule has 3 rings (SSSR count). The van der Waals surface area contributed by atoms with Crippen molar-refractivity contribution in [2.75, 3.05) is 6.61 Å². The van der Waals surface area contributed by atoms with Crippen LogP contribution in [0.3, 0.4) is 0 Å². The van der Waals surface area contributed by atoms with Crippen LogP contribution < -0.4 is 10.5 Å². The number of ether oxygens (including phenoxy) is 1. The minimum atomic E-state index is 0. The molecule has 0 saturated carbocycles. The smallest absolute Gasteiger partial charge is 0.230 e. The predicted molar refractivity (Wildman–Crippen MR) is 105 cm³/mol. The van der Waals surface area contributed by atoms with E-state index in [2.05, 4.69) is 43.0 Å². The SMILES string of the molecule is Cc1cc(C)c(C)c(OCCc2nc(-c3ccc(CN)cc3)no2)c1.Cl. The van der Waals surface area contributed by atoms with Crippen LogP contribution in [0.4, 0.5) is 0 Å². The van der Waals surface area contributed by atoms with E-state index in [1.807, 2.05) is 24.3 Å². The molecule has 2 aromatic carbocycles. The fraction of sp³-hybridized carbons (Fsp3) is 0.300. The van der Waals surface area contributed by atoms with Gasteiger partial charge in [-0.15, -0.1) is 12.4 Å². The molecule has 1 heterocycles. The number of halogens is 1. The van der Waals surface area contributed by atoms with E-state index in [1.165, 1.54) is 11.1 Å². The van der Waals surface area contributed by atoms with Gasteiger partial charge in [0.2, 0.25) is 11.7 Å². The molecule has 26 heavy (non-hydrogen) atoms. The first-order valence-corrected chi connectivity index (χ1v) is 8.39. The Hall–Kier alpha value is -2.37. The average molecular weight is 374 g/mol. The zero-order chi connectivity index (χ0) is 17.8. The number of aromatic nitrogens is 2. The Morgan fingerprint density at radius 2 is 1.81 bits per heavy atom. The Morgan fingerprint density at radius 1 is 1.08 bits per heavy atom. The van der Waals surface area contributed by atoms with Crippen LogP contribution in [0, 0.1) is 20.8 Å². The van der Waals surface area contributed by atoms with Crippen molar-refractivity contribution in [3.63, 3.8) is 0 Å². The first-order valence-electron chi connectivity index (χ1n) is 8.39. The normalized spacial score (nSPS) is 10.5. The Morgan fingerprint density at radius 3 is 2.50 bits per heavy atom. The summed E-state index contributed by atoms with van der Waals surface area (Å²) in [5, 5.41) is 4.04. The summed E-state index contributed by atoms with van der Waals surface area (Å²) in [6.45, 7) is 7.25. The van der Waals surface area contributed by atoms with Gasteiger partial charge in [0.1, 0.15) is 5.75 Å². The molecule has 6 heteroatoms. The highest BCUT2D eigenvalue weighted by atomic mass is 35.5. The van der Waals surface area contributed by atoms with Gasteiger partial charge in [0.25, 0.3) is 0 Å². The van der Waals surface area contributed by atoms with Gasteiger partial charge in [-0.05, 0) is 49.1 Å². The lowest BCUT2D eigenvalue weighted by Gasteiger charge is -2.11. The summed E-state index contributed by atoms with van der Waals surface area (Å²) in [6.07, 6.45) is 0.570. The van der Waals surface area contributed by atoms with Gasteiger partial charge in [0.05, 0.1) is 13.0 Å². The molecule has 0 spiro atoms. The van der Waals surface area contributed by atoms with Gasteiger partial charge in [-0.1, -0.05) is 35.5 Å². The Kier molecular flexibility index (Phi) is 6.77. The van der Waals surface area contributed by atoms with Crippen LogP contribution >= 0.6 is 12.4 Å². The fourth-order valence-electron chi connectivity index (χ4n) is 2.66. The second-order valence-electron chi connectivity index (χ2n) is 6.22. The molecule has 0 aliphatic rings. The summed E-state index contributed by atoms with van der Waals surface area (Å²) in [4.78, 5) is 4.44. The molecule has 0 unspecified atom stereocenters. The molecule has 0 bridgehead atoms. The lowest BCUT2D eigenvalue weighted by Crippen LogP contribution is -2.03. The zero-order valence-electron chi connectivity index (χ0n) is 15.3. The van der Waals surface area contributed by atoms with Crippen LogP contribution in [0.25, 0.3) is 11.4 Å². The van der Waals surface area contributed by atoms with Crippen molar-refractivity contribution >= 4 is 12.4 Å². The van der Waals surface area contributed by atoms with Crippen LogP contribution in [-0.2, 0) is 13.0 Å². The van der Waals surface area contributed by atoms with Crippen molar-refractivity contribution < 1.29 is 9.26 Å². The molecular weight excluding hydrogens is 350 g/mol. The monoisotopic (exact) mass is 373 g/mol. The molecule has 0 radical (unpaired) electrons. The van der Waals surface area contributed by atoms with Crippen molar-refractivity contribution in [3.8, 4) is 17.1 Å². The maximum atomic E-state index is 5.91. The largest absolute Gasteiger partial charge is 0.493 e. The standard InChI is InChI=1S/C20H23N3O2.ClH/c1-13-10-14(2)15(3)18(11-13)24-9-8-19-22-20(23-25-19)17-6-4-16(12-21)5-7-17;/h4-7,10-11H,8-9,12,21H2,1-3H3;1H. The minimum Gasteiger partial charge on any atom is -0.493 e. The highest BCUT2D eigenvalue weighted by Crippen LogP contribution is 2.23. The first-order chi connectivity index (χ1) is 12.1. The van der Waals surface area contributed by atoms with E-state index in [0.717, 1.165) is 22.4 Å². The summed E-state index contributed by atoms with van der Waals surface area (Å²) < 4.78 is 11.2. The van der Waals surface area contributed by atoms with E-state index in [0.29, 0.717) is 31.3 Å². The van der Waals surface area contributed by atoms with Crippen LogP contribution in [0.2, 0.25) is 0 Å². The molecule has 2 N–H and O–H groups in total. The van der Waals surface area contributed by atoms with E-state index in [9.17, 15) is 0 Å². The summed E-state index contributed by atoms with van der Waals surface area (Å²) >= 11 is 0. The van der Waals surface area contributed by atoms with E-state index in [4.69, 9.17) is 15.0 Å². The van der Waals surface area contributed by atoms with Gasteiger partial charge in [-0.3, -0.25) is 0 Å². The Bertz CT molecular complexity index is 860. The van der Waals surface area contributed by atoms with Crippen molar-refractivity contribution in [1.82, 2.24) is 10.1 Å². The van der Waals surface area contributed by atoms with Crippen LogP contribution in [0.1, 0.15) is 28.1 Å². The topological polar surface area (TPSA) is 74.2 Å². The predicted octanol–water partition coefficient (Wildman–Crippen LogP) is 4.16. The van der Waals surface area contributed by atoms with Crippen molar-refractivity contribution in [2.24, 2.45) is 5.73 Å². The molecule has 0 saturated heterocycles. The van der Waals surface area contributed by atoms with Gasteiger partial charge in [0.15, 0.2) is 0 Å². The van der Waals surface area contributed by atoms with Gasteiger partial charge in [-0.25, -0.2) is 0 Å². The second kappa shape index (κ2) is 8.83. The Balaban J connectivity index is 0.00000243. The third-order valence-corrected chi connectivity index (χ3v) is 4.25. The molecule has 5 nitrogen and oxygen atoms in total. The van der Waals surface area contributed by atoms with Crippen LogP contribution in [0.15, 0.2) is 40.9 Å². The first kappa shape index (κ1) is 19.9. The highest BCUT2D eigenvalue weighted by Gasteiger charge is 2.10. The zero-order valence-corrected chi connectivity index (χ0v) is 16.1. The molecule has 0 fully saturated rings. The van der Waals surface area contributed by atoms with Gasteiger partial charge in [-0.2, -0.15) is 4.98 Å². The van der Waals surface area contributed by atoms with Crippen molar-refractivity contribution in [1.29, 1.82) is 0 Å². The summed E-state index contributed by atoms with van der Waals surface area (Å²) in [6, 6.07) is 12.1. The number of benzene rings is 2. The number of nitrogens with zero attached hydrogens (tertiary/aromatic N) is 2. The molecule has 0 aliphatic carbocycles. The lowest BCUT2D eigenvalue weighted by atomic mass is 10.1. The Labute approximate surface area is 160 Å². The number of hydrogen-bond donors (Lipinski definition) is 1. The maximum absolute atomic E-state index is 5.91. The van der Waals surface area contributed by atoms with Gasteiger partial charge in [0, 0.05) is 12.1 Å². The quantitative estimate of drug-likeness (QED) is 0.702. The number of aryl methyl sites for hydroxylation is 2. The highest BCUT2D eigenvalue weighted by molar-refractivity contribution is 5.85. The third-order valence-electron chi connectivity index (χ3n) is 4.25. The van der Waals surface area contributed by atoms with Gasteiger partial charge < -0.3 is 15.0 Å². The maximum Gasteiger partial charge on any atom is 0.230 e. The van der Waals surface area contributed by atoms with Gasteiger partial charge >= 0.3 is 0 Å². The fourth-order valence-corrected chi connectivity index (χ4v) is 2.66. The van der Waals surface area contributed by atoms with Crippen LogP contribution in [-0.4, -0.2) is 16.7 Å². The molecule has 138 valence electrons. The van der Waals surface area contributed by atoms with Crippen molar-refractivity contribution in [3.05, 3.63) is 64.5 Å². The minimum absolute atomic E-state index is 0. The van der Waals surface area contributed by atoms with E-state index < -0.39 is 0 Å². The molecule has 0 amide bonds. The van der Waals surface area contributed by atoms with Crippen molar-refractivity contribution in [2.45, 2.75) is 33.7 Å². The summed E-state index contributed by atoms with van der Waals surface area (Å²) in [5.41, 5.74) is 11.2. The number of rotatable bonds is 6. The summed E-state index contributed by atoms with van der Waals surface area (Å²) in [7, 11) is 0. The average Bonchev–Trinajstić information content (AvgIpc) is 3.08. The molecule has 3 aromatic rings. The van der Waals surface area contributed by atoms with Crippen LogP contribution in [0.5, 0.6) is 5.75 Å². The molecule has 0 atom stereocenters. The summed E-state index contributed by atoms with van der Waals surface area (Å²) in [5.74, 6) is 2.07. The number of nitrogens with two attached hydrogens (primary N) is 1. The molecule has 1 aromatic heterocycles. The third kappa shape index (κ3) is 4.62. The molecular formula is C20H24ClN3O2. The molecule has 0 aliphatic heterocycles. The van der Waals surface area contributed by atoms with E-state index in [1.54, 1.807) is 0 Å². The van der Waals surface area contributed by atoms with E-state index in [-0.39, 0.29) is 12.4 Å². The number of hydrogen-bond acceptors (Lipinski definition) is 5. The lowest BCUT2D eigenvalue weighted by molar-refractivity contribution is 0.291. The van der Waals surface area contributed by atoms with E-state index >= 15 is 0 Å².